The van der Waals surface area contributed by atoms with E-state index in [1.54, 1.807) is 13.2 Å². The molecule has 0 spiro atoms. The molecule has 156 valence electrons. The quantitative estimate of drug-likeness (QED) is 0.597. The van der Waals surface area contributed by atoms with Gasteiger partial charge >= 0.3 is 0 Å². The minimum absolute atomic E-state index is 0.00117. The number of nitrogens with one attached hydrogen (secondary N) is 2. The summed E-state index contributed by atoms with van der Waals surface area (Å²) in [6.07, 6.45) is 5.78. The van der Waals surface area contributed by atoms with Crippen molar-refractivity contribution in [2.24, 2.45) is 5.92 Å². The summed E-state index contributed by atoms with van der Waals surface area (Å²) < 4.78 is 5.03. The number of unbranched alkanes of at least 4 members (excludes halogenated alkanes) is 2. The largest absolute Gasteiger partial charge is 0.383 e. The van der Waals surface area contributed by atoms with Crippen molar-refractivity contribution in [3.05, 3.63) is 23.8 Å². The molecule has 1 saturated heterocycles. The van der Waals surface area contributed by atoms with Crippen molar-refractivity contribution in [2.75, 3.05) is 43.6 Å². The zero-order chi connectivity index (χ0) is 20.4. The summed E-state index contributed by atoms with van der Waals surface area (Å²) in [5.74, 6) is 0.586. The van der Waals surface area contributed by atoms with Gasteiger partial charge in [0.2, 0.25) is 5.91 Å². The predicted octanol–water partition coefficient (Wildman–Crippen LogP) is 3.82. The fraction of sp³-hybridized carbons (Fsp3) is 0.636. The van der Waals surface area contributed by atoms with E-state index in [9.17, 15) is 9.59 Å². The number of carbonyl (C=O) groups is 2. The second-order valence-corrected chi connectivity index (χ2v) is 7.66. The highest BCUT2D eigenvalue weighted by molar-refractivity contribution is 6.02. The first-order chi connectivity index (χ1) is 13.5. The average molecular weight is 390 g/mol. The lowest BCUT2D eigenvalue weighted by atomic mass is 9.97. The van der Waals surface area contributed by atoms with Crippen LogP contribution in [0.15, 0.2) is 18.2 Å². The summed E-state index contributed by atoms with van der Waals surface area (Å²) in [4.78, 5) is 27.2. The summed E-state index contributed by atoms with van der Waals surface area (Å²) in [7, 11) is 1.61. The molecule has 6 heteroatoms. The van der Waals surface area contributed by atoms with Gasteiger partial charge in [-0.1, -0.05) is 26.7 Å². The summed E-state index contributed by atoms with van der Waals surface area (Å²) in [5, 5.41) is 5.85. The fourth-order valence-corrected chi connectivity index (χ4v) is 3.44. The third kappa shape index (κ3) is 6.82. The molecule has 28 heavy (non-hydrogen) atoms. The fourth-order valence-electron chi connectivity index (χ4n) is 3.44. The van der Waals surface area contributed by atoms with Crippen LogP contribution >= 0.6 is 0 Å². The Bertz CT molecular complexity index is 640. The van der Waals surface area contributed by atoms with Crippen molar-refractivity contribution >= 4 is 23.2 Å². The zero-order valence-electron chi connectivity index (χ0n) is 17.6. The molecule has 0 aliphatic carbocycles. The lowest BCUT2D eigenvalue weighted by molar-refractivity contribution is -0.116. The Labute approximate surface area is 169 Å². The van der Waals surface area contributed by atoms with Crippen LogP contribution in [0.1, 0.15) is 62.7 Å². The molecule has 0 bridgehead atoms. The maximum Gasteiger partial charge on any atom is 0.253 e. The maximum absolute atomic E-state index is 12.8. The van der Waals surface area contributed by atoms with Crippen molar-refractivity contribution in [1.82, 2.24) is 5.32 Å². The van der Waals surface area contributed by atoms with Gasteiger partial charge in [-0.15, -0.1) is 0 Å². The van der Waals surface area contributed by atoms with E-state index in [1.807, 2.05) is 12.1 Å². The second kappa shape index (κ2) is 11.7. The van der Waals surface area contributed by atoms with Crippen LogP contribution < -0.4 is 15.5 Å². The number of hydrogen-bond donors (Lipinski definition) is 2. The lowest BCUT2D eigenvalue weighted by Crippen LogP contribution is -2.35. The van der Waals surface area contributed by atoms with E-state index in [2.05, 4.69) is 29.4 Å². The van der Waals surface area contributed by atoms with Gasteiger partial charge in [0.25, 0.3) is 5.91 Å². The molecule has 2 rings (SSSR count). The number of nitrogens with zero attached hydrogens (tertiary/aromatic N) is 1. The lowest BCUT2D eigenvalue weighted by Gasteiger charge is -2.33. The van der Waals surface area contributed by atoms with Crippen LogP contribution in [0.25, 0.3) is 0 Å². The Morgan fingerprint density at radius 2 is 1.96 bits per heavy atom. The van der Waals surface area contributed by atoms with Gasteiger partial charge in [0.1, 0.15) is 0 Å². The van der Waals surface area contributed by atoms with Crippen molar-refractivity contribution in [3.8, 4) is 0 Å². The van der Waals surface area contributed by atoms with Crippen LogP contribution in [-0.4, -0.2) is 45.2 Å². The maximum atomic E-state index is 12.8. The first-order valence-electron chi connectivity index (χ1n) is 10.5. The van der Waals surface area contributed by atoms with Crippen LogP contribution in [-0.2, 0) is 9.53 Å². The van der Waals surface area contributed by atoms with E-state index in [4.69, 9.17) is 4.74 Å². The first-order valence-corrected chi connectivity index (χ1v) is 10.5. The molecular weight excluding hydrogens is 354 g/mol. The molecule has 0 aromatic heterocycles. The predicted molar refractivity (Wildman–Crippen MR) is 114 cm³/mol. The van der Waals surface area contributed by atoms with E-state index in [1.165, 1.54) is 0 Å². The number of hydrogen-bond acceptors (Lipinski definition) is 4. The van der Waals surface area contributed by atoms with Crippen LogP contribution in [0.2, 0.25) is 0 Å². The molecule has 0 radical (unpaired) electrons. The zero-order valence-corrected chi connectivity index (χ0v) is 17.6. The summed E-state index contributed by atoms with van der Waals surface area (Å²) in [6, 6.07) is 5.66. The van der Waals surface area contributed by atoms with Gasteiger partial charge in [0, 0.05) is 44.5 Å². The molecule has 2 amide bonds. The molecular formula is C22H35N3O3. The first kappa shape index (κ1) is 22.2. The Hall–Kier alpha value is -2.08. The van der Waals surface area contributed by atoms with Crippen LogP contribution in [0.3, 0.4) is 0 Å². The minimum Gasteiger partial charge on any atom is -0.383 e. The van der Waals surface area contributed by atoms with Crippen molar-refractivity contribution in [1.29, 1.82) is 0 Å². The Morgan fingerprint density at radius 1 is 1.21 bits per heavy atom. The number of benzene rings is 1. The number of anilines is 2. The van der Waals surface area contributed by atoms with Gasteiger partial charge in [-0.05, 0) is 43.4 Å². The number of methoxy groups -OCH3 is 1. The van der Waals surface area contributed by atoms with E-state index >= 15 is 0 Å². The van der Waals surface area contributed by atoms with Crippen LogP contribution in [0, 0.1) is 5.92 Å². The molecule has 1 aliphatic rings. The Balaban J connectivity index is 2.14. The van der Waals surface area contributed by atoms with Gasteiger partial charge in [-0.25, -0.2) is 0 Å². The van der Waals surface area contributed by atoms with Gasteiger partial charge in [0.05, 0.1) is 12.2 Å². The van der Waals surface area contributed by atoms with Gasteiger partial charge in [0.15, 0.2) is 0 Å². The molecule has 6 nitrogen and oxygen atoms in total. The summed E-state index contributed by atoms with van der Waals surface area (Å²) >= 11 is 0. The number of piperidine rings is 1. The van der Waals surface area contributed by atoms with Gasteiger partial charge < -0.3 is 20.3 Å². The SMILES string of the molecule is CCCCCC(=O)Nc1ccc(N2CCC(C)CC2)c(C(=O)NCCOC)c1. The highest BCUT2D eigenvalue weighted by Gasteiger charge is 2.21. The molecule has 0 unspecified atom stereocenters. The molecule has 1 fully saturated rings. The number of carbonyl (C=O) groups excluding carboxylic acids is 2. The standard InChI is InChI=1S/C22H35N3O3/c1-4-5-6-7-21(26)24-18-8-9-20(25-13-10-17(2)11-14-25)19(16-18)22(27)23-12-15-28-3/h8-9,16-17H,4-7,10-15H2,1-3H3,(H,23,27)(H,24,26). The summed E-state index contributed by atoms with van der Waals surface area (Å²) in [5.41, 5.74) is 2.22. The monoisotopic (exact) mass is 389 g/mol. The normalized spacial score (nSPS) is 14.8. The molecule has 1 aromatic carbocycles. The third-order valence-electron chi connectivity index (χ3n) is 5.25. The number of amides is 2. The summed E-state index contributed by atoms with van der Waals surface area (Å²) in [6.45, 7) is 7.21. The Morgan fingerprint density at radius 3 is 2.64 bits per heavy atom. The number of rotatable bonds is 10. The van der Waals surface area contributed by atoms with Crippen LogP contribution in [0.5, 0.6) is 0 Å². The van der Waals surface area contributed by atoms with Crippen molar-refractivity contribution in [2.45, 2.75) is 52.4 Å². The molecule has 2 N–H and O–H groups in total. The third-order valence-corrected chi connectivity index (χ3v) is 5.25. The smallest absolute Gasteiger partial charge is 0.253 e. The number of ether oxygens (including phenoxy) is 1. The van der Waals surface area contributed by atoms with Gasteiger partial charge in [-0.2, -0.15) is 0 Å². The van der Waals surface area contributed by atoms with E-state index in [0.29, 0.717) is 30.8 Å². The highest BCUT2D eigenvalue weighted by Crippen LogP contribution is 2.28. The van der Waals surface area contributed by atoms with E-state index < -0.39 is 0 Å². The minimum atomic E-state index is -0.132. The molecule has 1 heterocycles. The molecule has 1 aromatic rings. The van der Waals surface area contributed by atoms with Crippen molar-refractivity contribution < 1.29 is 14.3 Å². The average Bonchev–Trinajstić information content (AvgIpc) is 2.69. The molecule has 0 atom stereocenters. The van der Waals surface area contributed by atoms with Crippen LogP contribution in [0.4, 0.5) is 11.4 Å². The Kier molecular flexibility index (Phi) is 9.28. The molecule has 1 aliphatic heterocycles. The van der Waals surface area contributed by atoms with E-state index in [0.717, 1.165) is 56.8 Å². The molecule has 0 saturated carbocycles. The van der Waals surface area contributed by atoms with Gasteiger partial charge in [-0.3, -0.25) is 9.59 Å². The van der Waals surface area contributed by atoms with E-state index in [-0.39, 0.29) is 11.8 Å². The highest BCUT2D eigenvalue weighted by atomic mass is 16.5. The topological polar surface area (TPSA) is 70.7 Å². The second-order valence-electron chi connectivity index (χ2n) is 7.66. The van der Waals surface area contributed by atoms with Crippen molar-refractivity contribution in [3.63, 3.8) is 0 Å².